The molecule has 0 saturated carbocycles. The molecule has 132 valence electrons. The Morgan fingerprint density at radius 2 is 2.12 bits per heavy atom. The van der Waals surface area contributed by atoms with Crippen molar-refractivity contribution in [3.8, 4) is 5.75 Å². The van der Waals surface area contributed by atoms with Crippen LogP contribution >= 0.6 is 0 Å². The Bertz CT molecular complexity index is 771. The Morgan fingerprint density at radius 3 is 2.84 bits per heavy atom. The predicted molar refractivity (Wildman–Crippen MR) is 91.6 cm³/mol. The molecule has 0 amide bonds. The normalized spacial score (nSPS) is 18.0. The lowest BCUT2D eigenvalue weighted by molar-refractivity contribution is -0.118. The van der Waals surface area contributed by atoms with Gasteiger partial charge in [0.1, 0.15) is 18.6 Å². The number of ketones is 1. The summed E-state index contributed by atoms with van der Waals surface area (Å²) in [4.78, 5) is 25.2. The zero-order valence-electron chi connectivity index (χ0n) is 14.1. The first kappa shape index (κ1) is 17.4. The van der Waals surface area contributed by atoms with Gasteiger partial charge in [-0.15, -0.1) is 0 Å². The molecule has 0 radical (unpaired) electrons. The molecule has 0 aliphatic carbocycles. The van der Waals surface area contributed by atoms with E-state index in [-0.39, 0.29) is 29.7 Å². The number of hydrogen-bond acceptors (Lipinski definition) is 6. The summed E-state index contributed by atoms with van der Waals surface area (Å²) < 4.78 is 16.5. The molecule has 1 saturated heterocycles. The fraction of sp³-hybridized carbons (Fsp3) is 0.368. The van der Waals surface area contributed by atoms with E-state index in [9.17, 15) is 9.59 Å². The first-order valence-electron chi connectivity index (χ1n) is 8.24. The monoisotopic (exact) mass is 343 g/mol. The molecule has 1 aliphatic heterocycles. The Balaban J connectivity index is 1.63. The second kappa shape index (κ2) is 8.09. The van der Waals surface area contributed by atoms with Crippen LogP contribution in [-0.2, 0) is 16.1 Å². The molecule has 0 N–H and O–H groups in total. The number of benzene rings is 1. The highest BCUT2D eigenvalue weighted by Crippen LogP contribution is 2.23. The summed E-state index contributed by atoms with van der Waals surface area (Å²) in [6.45, 7) is 3.92. The standard InChI is InChI=1S/C19H21NO5/c1-14(21)12-25-19-13-24-16(9-17(19)22)10-20-7-8-23-18(11-20)15-5-3-2-4-6-15/h2-6,9,13,18H,7-8,10-12H2,1H3/t18-/m1/s1. The molecule has 1 aromatic heterocycles. The Kier molecular flexibility index (Phi) is 5.63. The van der Waals surface area contributed by atoms with Crippen LogP contribution in [-0.4, -0.2) is 37.0 Å². The Hall–Kier alpha value is -2.44. The van der Waals surface area contributed by atoms with E-state index in [0.29, 0.717) is 18.9 Å². The maximum Gasteiger partial charge on any atom is 0.227 e. The molecule has 3 rings (SSSR count). The number of carbonyl (C=O) groups is 1. The largest absolute Gasteiger partial charge is 0.479 e. The zero-order chi connectivity index (χ0) is 17.6. The minimum atomic E-state index is -0.282. The molecule has 1 aromatic carbocycles. The number of nitrogens with zero attached hydrogens (tertiary/aromatic N) is 1. The number of hydrogen-bond donors (Lipinski definition) is 0. The Morgan fingerprint density at radius 1 is 1.32 bits per heavy atom. The third kappa shape index (κ3) is 4.78. The van der Waals surface area contributed by atoms with E-state index in [2.05, 4.69) is 17.0 Å². The van der Waals surface area contributed by atoms with Crippen molar-refractivity contribution in [2.24, 2.45) is 0 Å². The van der Waals surface area contributed by atoms with Gasteiger partial charge in [-0.3, -0.25) is 14.5 Å². The average molecular weight is 343 g/mol. The molecule has 1 aliphatic rings. The lowest BCUT2D eigenvalue weighted by Crippen LogP contribution is -2.37. The zero-order valence-corrected chi connectivity index (χ0v) is 14.1. The quantitative estimate of drug-likeness (QED) is 0.801. The van der Waals surface area contributed by atoms with Gasteiger partial charge in [0.2, 0.25) is 11.2 Å². The summed E-state index contributed by atoms with van der Waals surface area (Å²) >= 11 is 0. The highest BCUT2D eigenvalue weighted by Gasteiger charge is 2.22. The van der Waals surface area contributed by atoms with Crippen LogP contribution in [0.4, 0.5) is 0 Å². The van der Waals surface area contributed by atoms with Crippen LogP contribution in [0.3, 0.4) is 0 Å². The van der Waals surface area contributed by atoms with Crippen molar-refractivity contribution in [2.75, 3.05) is 26.3 Å². The highest BCUT2D eigenvalue weighted by atomic mass is 16.5. The van der Waals surface area contributed by atoms with E-state index in [1.807, 2.05) is 18.2 Å². The lowest BCUT2D eigenvalue weighted by atomic mass is 10.1. The summed E-state index contributed by atoms with van der Waals surface area (Å²) in [7, 11) is 0. The van der Waals surface area contributed by atoms with Gasteiger partial charge >= 0.3 is 0 Å². The van der Waals surface area contributed by atoms with E-state index in [4.69, 9.17) is 13.9 Å². The molecular formula is C19H21NO5. The van der Waals surface area contributed by atoms with Gasteiger partial charge in [0.15, 0.2) is 5.78 Å². The number of ether oxygens (including phenoxy) is 2. The molecule has 6 heteroatoms. The SMILES string of the molecule is CC(=O)COc1coc(CN2CCO[C@@H](c3ccccc3)C2)cc1=O. The summed E-state index contributed by atoms with van der Waals surface area (Å²) in [6, 6.07) is 11.5. The molecule has 0 unspecified atom stereocenters. The van der Waals surface area contributed by atoms with Crippen LogP contribution in [0.2, 0.25) is 0 Å². The molecule has 0 bridgehead atoms. The van der Waals surface area contributed by atoms with Gasteiger partial charge in [-0.25, -0.2) is 0 Å². The maximum absolute atomic E-state index is 12.0. The molecule has 25 heavy (non-hydrogen) atoms. The molecule has 2 aromatic rings. The molecule has 1 fully saturated rings. The molecule has 2 heterocycles. The summed E-state index contributed by atoms with van der Waals surface area (Å²) in [5.41, 5.74) is 0.858. The number of morpholine rings is 1. The van der Waals surface area contributed by atoms with Crippen molar-refractivity contribution in [1.82, 2.24) is 4.90 Å². The highest BCUT2D eigenvalue weighted by molar-refractivity contribution is 5.77. The number of carbonyl (C=O) groups excluding carboxylic acids is 1. The van der Waals surface area contributed by atoms with Crippen molar-refractivity contribution in [2.45, 2.75) is 19.6 Å². The predicted octanol–water partition coefficient (Wildman–Crippen LogP) is 2.18. The number of rotatable bonds is 6. The van der Waals surface area contributed by atoms with Crippen LogP contribution in [0.15, 0.2) is 51.9 Å². The van der Waals surface area contributed by atoms with E-state index in [0.717, 1.165) is 18.7 Å². The van der Waals surface area contributed by atoms with E-state index in [1.165, 1.54) is 19.3 Å². The van der Waals surface area contributed by atoms with Gasteiger partial charge in [0.25, 0.3) is 0 Å². The van der Waals surface area contributed by atoms with Crippen molar-refractivity contribution in [1.29, 1.82) is 0 Å². The smallest absolute Gasteiger partial charge is 0.227 e. The second-order valence-electron chi connectivity index (χ2n) is 6.07. The number of Topliss-reactive ketones (excluding diaryl/α,β-unsaturated/α-hetero) is 1. The third-order valence-corrected chi connectivity index (χ3v) is 3.98. The molecule has 0 spiro atoms. The first-order valence-corrected chi connectivity index (χ1v) is 8.24. The van der Waals surface area contributed by atoms with Gasteiger partial charge in [-0.2, -0.15) is 0 Å². The van der Waals surface area contributed by atoms with Gasteiger partial charge < -0.3 is 13.9 Å². The minimum absolute atomic E-state index is 0.0137. The van der Waals surface area contributed by atoms with Crippen molar-refractivity contribution in [3.05, 3.63) is 64.2 Å². The molecular weight excluding hydrogens is 322 g/mol. The second-order valence-corrected chi connectivity index (χ2v) is 6.07. The van der Waals surface area contributed by atoms with E-state index >= 15 is 0 Å². The third-order valence-electron chi connectivity index (χ3n) is 3.98. The van der Waals surface area contributed by atoms with Crippen LogP contribution in [0.25, 0.3) is 0 Å². The van der Waals surface area contributed by atoms with Crippen LogP contribution < -0.4 is 10.2 Å². The van der Waals surface area contributed by atoms with Crippen molar-refractivity contribution < 1.29 is 18.7 Å². The maximum atomic E-state index is 12.0. The summed E-state index contributed by atoms with van der Waals surface area (Å²) in [5, 5.41) is 0. The summed E-state index contributed by atoms with van der Waals surface area (Å²) in [5.74, 6) is 0.473. The minimum Gasteiger partial charge on any atom is -0.479 e. The van der Waals surface area contributed by atoms with Crippen LogP contribution in [0, 0.1) is 0 Å². The lowest BCUT2D eigenvalue weighted by Gasteiger charge is -2.32. The van der Waals surface area contributed by atoms with Crippen molar-refractivity contribution >= 4 is 5.78 Å². The van der Waals surface area contributed by atoms with Gasteiger partial charge in [-0.05, 0) is 12.5 Å². The van der Waals surface area contributed by atoms with Gasteiger partial charge in [0.05, 0.1) is 19.3 Å². The topological polar surface area (TPSA) is 69.0 Å². The van der Waals surface area contributed by atoms with Gasteiger partial charge in [0, 0.05) is 19.2 Å². The van der Waals surface area contributed by atoms with Crippen molar-refractivity contribution in [3.63, 3.8) is 0 Å². The Labute approximate surface area is 146 Å². The molecule has 6 nitrogen and oxygen atoms in total. The van der Waals surface area contributed by atoms with Crippen LogP contribution in [0.1, 0.15) is 24.4 Å². The summed E-state index contributed by atoms with van der Waals surface area (Å²) in [6.07, 6.45) is 1.29. The van der Waals surface area contributed by atoms with E-state index < -0.39 is 0 Å². The van der Waals surface area contributed by atoms with Gasteiger partial charge in [-0.1, -0.05) is 30.3 Å². The van der Waals surface area contributed by atoms with E-state index in [1.54, 1.807) is 0 Å². The molecule has 1 atom stereocenters. The first-order chi connectivity index (χ1) is 12.1. The fourth-order valence-electron chi connectivity index (χ4n) is 2.74. The average Bonchev–Trinajstić information content (AvgIpc) is 2.62. The van der Waals surface area contributed by atoms with Crippen LogP contribution in [0.5, 0.6) is 5.75 Å². The fourth-order valence-corrected chi connectivity index (χ4v) is 2.74.